The van der Waals surface area contributed by atoms with Crippen molar-refractivity contribution in [2.75, 3.05) is 14.2 Å². The van der Waals surface area contributed by atoms with Crippen LogP contribution in [0.15, 0.2) is 18.2 Å². The number of rotatable bonds is 4. The second-order valence-corrected chi connectivity index (χ2v) is 2.59. The summed E-state index contributed by atoms with van der Waals surface area (Å²) in [4.78, 5) is 19.6. The van der Waals surface area contributed by atoms with Crippen molar-refractivity contribution < 1.29 is 24.0 Å². The van der Waals surface area contributed by atoms with Gasteiger partial charge in [-0.1, -0.05) is 0 Å². The van der Waals surface area contributed by atoms with Gasteiger partial charge in [0.2, 0.25) is 0 Å². The fraction of sp³-hybridized carbons (Fsp3) is 0.200. The Morgan fingerprint density at radius 1 is 1.13 bits per heavy atom. The third kappa shape index (κ3) is 2.85. The number of carbonyl (C=O) groups is 1. The first kappa shape index (κ1) is 11.3. The standard InChI is InChI=1S/C10H11O5/c1-12-8-4-7(10(11)15-14-3)5-9(6-8)13-2/h4-6H,3H2,1-2H3. The first-order valence-corrected chi connectivity index (χ1v) is 4.07. The van der Waals surface area contributed by atoms with E-state index in [4.69, 9.17) is 9.47 Å². The summed E-state index contributed by atoms with van der Waals surface area (Å²) < 4.78 is 9.96. The van der Waals surface area contributed by atoms with Crippen LogP contribution in [0.2, 0.25) is 0 Å². The van der Waals surface area contributed by atoms with Crippen LogP contribution in [-0.2, 0) is 9.78 Å². The molecule has 5 heteroatoms. The molecule has 0 bridgehead atoms. The summed E-state index contributed by atoms with van der Waals surface area (Å²) in [6, 6.07) is 4.65. The van der Waals surface area contributed by atoms with E-state index in [-0.39, 0.29) is 5.56 Å². The third-order valence-electron chi connectivity index (χ3n) is 1.72. The molecule has 0 spiro atoms. The van der Waals surface area contributed by atoms with E-state index in [2.05, 4.69) is 16.9 Å². The zero-order valence-corrected chi connectivity index (χ0v) is 8.48. The van der Waals surface area contributed by atoms with Gasteiger partial charge in [-0.3, -0.25) is 4.89 Å². The normalized spacial score (nSPS) is 9.53. The lowest BCUT2D eigenvalue weighted by molar-refractivity contribution is -0.195. The predicted octanol–water partition coefficient (Wildman–Crippen LogP) is 1.58. The van der Waals surface area contributed by atoms with Crippen molar-refractivity contribution in [1.82, 2.24) is 0 Å². The highest BCUT2D eigenvalue weighted by Gasteiger charge is 2.11. The van der Waals surface area contributed by atoms with Crippen LogP contribution in [0.1, 0.15) is 10.4 Å². The van der Waals surface area contributed by atoms with E-state index in [1.54, 1.807) is 6.07 Å². The number of ether oxygens (including phenoxy) is 2. The van der Waals surface area contributed by atoms with Crippen LogP contribution in [0, 0.1) is 7.11 Å². The molecule has 1 aromatic rings. The number of hydrogen-bond donors (Lipinski definition) is 0. The van der Waals surface area contributed by atoms with E-state index < -0.39 is 5.97 Å². The van der Waals surface area contributed by atoms with Crippen LogP contribution in [0.4, 0.5) is 0 Å². The summed E-state index contributed by atoms with van der Waals surface area (Å²) >= 11 is 0. The molecule has 15 heavy (non-hydrogen) atoms. The number of hydrogen-bond acceptors (Lipinski definition) is 5. The minimum absolute atomic E-state index is 0.259. The molecule has 0 aliphatic rings. The average Bonchev–Trinajstić information content (AvgIpc) is 2.28. The van der Waals surface area contributed by atoms with Crippen molar-refractivity contribution in [3.63, 3.8) is 0 Å². The molecule has 1 radical (unpaired) electrons. The quantitative estimate of drug-likeness (QED) is 0.559. The molecule has 0 heterocycles. The van der Waals surface area contributed by atoms with E-state index in [9.17, 15) is 4.79 Å². The largest absolute Gasteiger partial charge is 0.497 e. The average molecular weight is 211 g/mol. The van der Waals surface area contributed by atoms with Crippen molar-refractivity contribution in [2.45, 2.75) is 0 Å². The molecule has 0 unspecified atom stereocenters. The Bertz CT molecular complexity index is 325. The molecular weight excluding hydrogens is 200 g/mol. The highest BCUT2D eigenvalue weighted by Crippen LogP contribution is 2.22. The van der Waals surface area contributed by atoms with E-state index in [0.29, 0.717) is 11.5 Å². The van der Waals surface area contributed by atoms with Gasteiger partial charge in [-0.05, 0) is 12.1 Å². The van der Waals surface area contributed by atoms with Gasteiger partial charge >= 0.3 is 5.97 Å². The number of benzene rings is 1. The van der Waals surface area contributed by atoms with Gasteiger partial charge < -0.3 is 9.47 Å². The first-order valence-electron chi connectivity index (χ1n) is 4.07. The van der Waals surface area contributed by atoms with Gasteiger partial charge in [-0.25, -0.2) is 4.79 Å². The molecular formula is C10H11O5. The topological polar surface area (TPSA) is 54.0 Å². The molecule has 0 aliphatic carbocycles. The van der Waals surface area contributed by atoms with Gasteiger partial charge in [0.25, 0.3) is 0 Å². The highest BCUT2D eigenvalue weighted by atomic mass is 17.2. The monoisotopic (exact) mass is 211 g/mol. The lowest BCUT2D eigenvalue weighted by Gasteiger charge is -2.06. The zero-order chi connectivity index (χ0) is 11.3. The molecule has 0 N–H and O–H groups in total. The van der Waals surface area contributed by atoms with Crippen LogP contribution in [-0.4, -0.2) is 20.2 Å². The summed E-state index contributed by atoms with van der Waals surface area (Å²) in [5.41, 5.74) is 0.259. The Morgan fingerprint density at radius 2 is 1.67 bits per heavy atom. The molecule has 81 valence electrons. The molecule has 0 saturated carbocycles. The maximum atomic E-state index is 11.3. The molecule has 0 amide bonds. The molecule has 5 nitrogen and oxygen atoms in total. The minimum atomic E-state index is -0.665. The maximum absolute atomic E-state index is 11.3. The molecule has 1 aromatic carbocycles. The van der Waals surface area contributed by atoms with Crippen LogP contribution in [0.25, 0.3) is 0 Å². The summed E-state index contributed by atoms with van der Waals surface area (Å²) in [5.74, 6) is 0.318. The van der Waals surface area contributed by atoms with E-state index in [0.717, 1.165) is 0 Å². The van der Waals surface area contributed by atoms with Crippen LogP contribution >= 0.6 is 0 Å². The third-order valence-corrected chi connectivity index (χ3v) is 1.72. The van der Waals surface area contributed by atoms with Gasteiger partial charge in [-0.2, -0.15) is 4.89 Å². The summed E-state index contributed by atoms with van der Waals surface area (Å²) in [5, 5.41) is 0. The fourth-order valence-electron chi connectivity index (χ4n) is 1.03. The van der Waals surface area contributed by atoms with Gasteiger partial charge in [-0.15, -0.1) is 0 Å². The highest BCUT2D eigenvalue weighted by molar-refractivity contribution is 5.90. The van der Waals surface area contributed by atoms with Gasteiger partial charge in [0.1, 0.15) is 18.6 Å². The molecule has 0 aromatic heterocycles. The Kier molecular flexibility index (Phi) is 3.93. The second-order valence-electron chi connectivity index (χ2n) is 2.59. The second kappa shape index (κ2) is 5.21. The van der Waals surface area contributed by atoms with Crippen molar-refractivity contribution in [3.05, 3.63) is 30.9 Å². The Labute approximate surface area is 87.4 Å². The van der Waals surface area contributed by atoms with E-state index >= 15 is 0 Å². The lowest BCUT2D eigenvalue weighted by atomic mass is 10.2. The van der Waals surface area contributed by atoms with Crippen LogP contribution in [0.3, 0.4) is 0 Å². The predicted molar refractivity (Wildman–Crippen MR) is 51.4 cm³/mol. The van der Waals surface area contributed by atoms with Crippen molar-refractivity contribution in [1.29, 1.82) is 0 Å². The molecule has 0 saturated heterocycles. The van der Waals surface area contributed by atoms with E-state index in [1.807, 2.05) is 0 Å². The Hall–Kier alpha value is -1.75. The molecule has 0 atom stereocenters. The van der Waals surface area contributed by atoms with Crippen molar-refractivity contribution in [3.8, 4) is 11.5 Å². The van der Waals surface area contributed by atoms with Crippen LogP contribution in [0.5, 0.6) is 11.5 Å². The SMILES string of the molecule is [CH2]OOC(=O)c1cc(OC)cc(OC)c1. The maximum Gasteiger partial charge on any atom is 0.373 e. The molecule has 0 fully saturated rings. The summed E-state index contributed by atoms with van der Waals surface area (Å²) in [6.45, 7) is 0. The smallest absolute Gasteiger partial charge is 0.373 e. The van der Waals surface area contributed by atoms with Gasteiger partial charge in [0.15, 0.2) is 0 Å². The van der Waals surface area contributed by atoms with Gasteiger partial charge in [0.05, 0.1) is 19.8 Å². The molecule has 0 aliphatic heterocycles. The van der Waals surface area contributed by atoms with Crippen molar-refractivity contribution >= 4 is 5.97 Å². The lowest BCUT2D eigenvalue weighted by Crippen LogP contribution is -2.04. The summed E-state index contributed by atoms with van der Waals surface area (Å²) in [6.07, 6.45) is 0. The minimum Gasteiger partial charge on any atom is -0.497 e. The fourth-order valence-corrected chi connectivity index (χ4v) is 1.03. The number of carbonyl (C=O) groups excluding carboxylic acids is 1. The summed E-state index contributed by atoms with van der Waals surface area (Å²) in [7, 11) is 5.91. The van der Waals surface area contributed by atoms with Gasteiger partial charge in [0, 0.05) is 6.07 Å². The Balaban J connectivity index is 3.01. The number of methoxy groups -OCH3 is 2. The molecule has 1 rings (SSSR count). The van der Waals surface area contributed by atoms with Crippen molar-refractivity contribution in [2.24, 2.45) is 0 Å². The zero-order valence-electron chi connectivity index (χ0n) is 8.48. The van der Waals surface area contributed by atoms with E-state index in [1.165, 1.54) is 26.4 Å². The first-order chi connectivity index (χ1) is 7.21. The Morgan fingerprint density at radius 3 is 2.07 bits per heavy atom. The van der Waals surface area contributed by atoms with Crippen LogP contribution < -0.4 is 9.47 Å².